The van der Waals surface area contributed by atoms with E-state index in [9.17, 15) is 9.65 Å². The summed E-state index contributed by atoms with van der Waals surface area (Å²) in [5.74, 6) is 0.795. The summed E-state index contributed by atoms with van der Waals surface area (Å²) in [5.41, 5.74) is 0.455. The summed E-state index contributed by atoms with van der Waals surface area (Å²) in [5, 5.41) is 9.23. The van der Waals surface area contributed by atoms with Crippen molar-refractivity contribution in [1.82, 2.24) is 0 Å². The Morgan fingerprint density at radius 1 is 1.04 bits per heavy atom. The van der Waals surface area contributed by atoms with Crippen LogP contribution in [0.1, 0.15) is 31.2 Å². The summed E-state index contributed by atoms with van der Waals surface area (Å²) in [6.07, 6.45) is 1.24. The normalized spacial score (nSPS) is 11.5. The Labute approximate surface area is 136 Å². The van der Waals surface area contributed by atoms with E-state index >= 15 is 0 Å². The van der Waals surface area contributed by atoms with E-state index < -0.39 is 5.92 Å². The lowest BCUT2D eigenvalue weighted by molar-refractivity contribution is 0.302. The number of rotatable bonds is 8. The van der Waals surface area contributed by atoms with Crippen LogP contribution in [-0.2, 0) is 0 Å². The van der Waals surface area contributed by atoms with Gasteiger partial charge in [-0.15, -0.1) is 0 Å². The first kappa shape index (κ1) is 16.8. The highest BCUT2D eigenvalue weighted by atomic mass is 19.1. The molecule has 120 valence electrons. The zero-order valence-corrected chi connectivity index (χ0v) is 13.2. The standard InChI is InChI=1S/C19H20FNO2/c1-2-22-16-9-11-17(12-10-16)23-13-5-6-15(14-21)18-7-3-4-8-19(18)20/h3-4,7-12,15H,2,5-6,13H2,1H3. The van der Waals surface area contributed by atoms with Gasteiger partial charge in [-0.05, 0) is 50.1 Å². The molecule has 0 aliphatic rings. The van der Waals surface area contributed by atoms with E-state index in [1.807, 2.05) is 31.2 Å². The molecule has 0 radical (unpaired) electrons. The molecule has 0 aromatic heterocycles. The molecular formula is C19H20FNO2. The minimum Gasteiger partial charge on any atom is -0.494 e. The van der Waals surface area contributed by atoms with Crippen molar-refractivity contribution < 1.29 is 13.9 Å². The number of ether oxygens (including phenoxy) is 2. The van der Waals surface area contributed by atoms with Crippen molar-refractivity contribution in [3.05, 3.63) is 59.9 Å². The Kier molecular flexibility index (Phi) is 6.43. The number of benzene rings is 2. The maximum absolute atomic E-state index is 13.7. The van der Waals surface area contributed by atoms with Gasteiger partial charge in [0.1, 0.15) is 17.3 Å². The molecular weight excluding hydrogens is 293 g/mol. The molecule has 1 atom stereocenters. The van der Waals surface area contributed by atoms with Crippen LogP contribution in [0.2, 0.25) is 0 Å². The highest BCUT2D eigenvalue weighted by molar-refractivity contribution is 5.31. The highest BCUT2D eigenvalue weighted by Gasteiger charge is 2.14. The Bertz CT molecular complexity index is 649. The monoisotopic (exact) mass is 313 g/mol. The van der Waals surface area contributed by atoms with E-state index in [1.165, 1.54) is 6.07 Å². The van der Waals surface area contributed by atoms with Gasteiger partial charge in [-0.3, -0.25) is 0 Å². The van der Waals surface area contributed by atoms with Gasteiger partial charge in [-0.25, -0.2) is 4.39 Å². The quantitative estimate of drug-likeness (QED) is 0.664. The maximum atomic E-state index is 13.7. The average Bonchev–Trinajstić information content (AvgIpc) is 2.58. The van der Waals surface area contributed by atoms with Crippen molar-refractivity contribution in [2.24, 2.45) is 0 Å². The Balaban J connectivity index is 1.80. The van der Waals surface area contributed by atoms with Crippen molar-refractivity contribution >= 4 is 0 Å². The second kappa shape index (κ2) is 8.79. The smallest absolute Gasteiger partial charge is 0.127 e. The van der Waals surface area contributed by atoms with Crippen LogP contribution in [0.4, 0.5) is 4.39 Å². The van der Waals surface area contributed by atoms with E-state index in [4.69, 9.17) is 9.47 Å². The fourth-order valence-corrected chi connectivity index (χ4v) is 2.32. The van der Waals surface area contributed by atoms with Crippen LogP contribution in [0.3, 0.4) is 0 Å². The summed E-state index contributed by atoms with van der Waals surface area (Å²) >= 11 is 0. The van der Waals surface area contributed by atoms with Crippen molar-refractivity contribution in [2.75, 3.05) is 13.2 Å². The number of nitriles is 1. The molecule has 1 unspecified atom stereocenters. The van der Waals surface area contributed by atoms with Crippen LogP contribution in [0, 0.1) is 17.1 Å². The Morgan fingerprint density at radius 2 is 1.70 bits per heavy atom. The molecule has 0 fully saturated rings. The molecule has 4 heteroatoms. The van der Waals surface area contributed by atoms with Gasteiger partial charge in [-0.2, -0.15) is 5.26 Å². The Morgan fingerprint density at radius 3 is 2.30 bits per heavy atom. The topological polar surface area (TPSA) is 42.2 Å². The molecule has 0 amide bonds. The lowest BCUT2D eigenvalue weighted by atomic mass is 9.95. The van der Waals surface area contributed by atoms with Crippen LogP contribution in [0.25, 0.3) is 0 Å². The first-order chi connectivity index (χ1) is 11.2. The van der Waals surface area contributed by atoms with E-state index in [0.717, 1.165) is 11.5 Å². The van der Waals surface area contributed by atoms with Gasteiger partial charge in [0.25, 0.3) is 0 Å². The molecule has 0 bridgehead atoms. The van der Waals surface area contributed by atoms with Gasteiger partial charge in [0.05, 0.1) is 25.2 Å². The number of halogens is 1. The summed E-state index contributed by atoms with van der Waals surface area (Å²) in [4.78, 5) is 0. The second-order valence-electron chi connectivity index (χ2n) is 5.10. The van der Waals surface area contributed by atoms with Gasteiger partial charge >= 0.3 is 0 Å². The molecule has 0 saturated carbocycles. The van der Waals surface area contributed by atoms with E-state index in [0.29, 0.717) is 31.6 Å². The zero-order valence-electron chi connectivity index (χ0n) is 13.2. The molecule has 0 aliphatic carbocycles. The summed E-state index contributed by atoms with van der Waals surface area (Å²) in [6.45, 7) is 3.05. The average molecular weight is 313 g/mol. The van der Waals surface area contributed by atoms with Crippen molar-refractivity contribution in [3.8, 4) is 17.6 Å². The third-order valence-corrected chi connectivity index (χ3v) is 3.48. The van der Waals surface area contributed by atoms with Gasteiger partial charge in [-0.1, -0.05) is 18.2 Å². The van der Waals surface area contributed by atoms with Crippen LogP contribution >= 0.6 is 0 Å². The van der Waals surface area contributed by atoms with E-state index in [2.05, 4.69) is 6.07 Å². The highest BCUT2D eigenvalue weighted by Crippen LogP contribution is 2.23. The third-order valence-electron chi connectivity index (χ3n) is 3.48. The van der Waals surface area contributed by atoms with Crippen molar-refractivity contribution in [2.45, 2.75) is 25.7 Å². The first-order valence-electron chi connectivity index (χ1n) is 7.74. The molecule has 3 nitrogen and oxygen atoms in total. The fraction of sp³-hybridized carbons (Fsp3) is 0.316. The second-order valence-corrected chi connectivity index (χ2v) is 5.10. The molecule has 2 aromatic rings. The Hall–Kier alpha value is -2.54. The summed E-state index contributed by atoms with van der Waals surface area (Å²) in [6, 6.07) is 16.0. The van der Waals surface area contributed by atoms with Crippen molar-refractivity contribution in [3.63, 3.8) is 0 Å². The maximum Gasteiger partial charge on any atom is 0.127 e. The third kappa shape index (κ3) is 5.00. The molecule has 0 aliphatic heterocycles. The number of hydrogen-bond acceptors (Lipinski definition) is 3. The molecule has 2 rings (SSSR count). The molecule has 0 saturated heterocycles. The minimum absolute atomic E-state index is 0.327. The van der Waals surface area contributed by atoms with Gasteiger partial charge in [0.15, 0.2) is 0 Å². The van der Waals surface area contributed by atoms with E-state index in [-0.39, 0.29) is 5.82 Å². The molecule has 2 aromatic carbocycles. The largest absolute Gasteiger partial charge is 0.494 e. The molecule has 23 heavy (non-hydrogen) atoms. The summed E-state index contributed by atoms with van der Waals surface area (Å²) in [7, 11) is 0. The minimum atomic E-state index is -0.444. The zero-order chi connectivity index (χ0) is 16.5. The number of hydrogen-bond donors (Lipinski definition) is 0. The lowest BCUT2D eigenvalue weighted by Crippen LogP contribution is -2.03. The molecule has 0 heterocycles. The first-order valence-corrected chi connectivity index (χ1v) is 7.74. The van der Waals surface area contributed by atoms with Gasteiger partial charge in [0.2, 0.25) is 0 Å². The van der Waals surface area contributed by atoms with Crippen LogP contribution in [-0.4, -0.2) is 13.2 Å². The predicted octanol–water partition coefficient (Wildman–Crippen LogP) is 4.69. The lowest BCUT2D eigenvalue weighted by Gasteiger charge is -2.11. The van der Waals surface area contributed by atoms with E-state index in [1.54, 1.807) is 18.2 Å². The molecule has 0 spiro atoms. The predicted molar refractivity (Wildman–Crippen MR) is 87.1 cm³/mol. The fourth-order valence-electron chi connectivity index (χ4n) is 2.32. The number of nitrogens with zero attached hydrogens (tertiary/aromatic N) is 1. The van der Waals surface area contributed by atoms with Crippen LogP contribution in [0.15, 0.2) is 48.5 Å². The van der Waals surface area contributed by atoms with Crippen LogP contribution in [0.5, 0.6) is 11.5 Å². The van der Waals surface area contributed by atoms with Gasteiger partial charge < -0.3 is 9.47 Å². The molecule has 0 N–H and O–H groups in total. The van der Waals surface area contributed by atoms with Crippen molar-refractivity contribution in [1.29, 1.82) is 5.26 Å². The van der Waals surface area contributed by atoms with Gasteiger partial charge in [0, 0.05) is 5.56 Å². The van der Waals surface area contributed by atoms with Crippen LogP contribution < -0.4 is 9.47 Å². The SMILES string of the molecule is CCOc1ccc(OCCCC(C#N)c2ccccc2F)cc1. The summed E-state index contributed by atoms with van der Waals surface area (Å²) < 4.78 is 24.7.